The Morgan fingerprint density at radius 2 is 1.02 bits per heavy atom. The predicted octanol–water partition coefficient (Wildman–Crippen LogP) is 2.20. The van der Waals surface area contributed by atoms with Gasteiger partial charge in [0.15, 0.2) is 0 Å². The number of carbonyl (C=O) groups is 6. The first-order valence-electron chi connectivity index (χ1n) is 28.0. The number of hydrogen-bond donors (Lipinski definition) is 1. The van der Waals surface area contributed by atoms with E-state index in [0.717, 1.165) is 22.4 Å². The highest BCUT2D eigenvalue weighted by atomic mass is 16.7. The third kappa shape index (κ3) is 20.9. The summed E-state index contributed by atoms with van der Waals surface area (Å²) in [4.78, 5) is 82.3. The van der Waals surface area contributed by atoms with Crippen molar-refractivity contribution in [1.29, 1.82) is 0 Å². The van der Waals surface area contributed by atoms with Gasteiger partial charge < -0.3 is 71.9 Å². The van der Waals surface area contributed by atoms with Gasteiger partial charge in [-0.3, -0.25) is 19.2 Å². The number of piperidine rings is 1. The van der Waals surface area contributed by atoms with E-state index in [2.05, 4.69) is 15.6 Å². The number of nitrogens with zero attached hydrogens (tertiary/aromatic N) is 6. The lowest BCUT2D eigenvalue weighted by Crippen LogP contribution is -2.56. The SMILES string of the molecule is O=C(CCOCCOCCOCCOCCOCCOCCOCCOCCOCCOCCOCCOCCn1cc(-c2ccc3c(c2)C=C(C(=O)N2CCC4(CC2)NC(=O)N(c2ccccc2)C4=O)C3)nn1)ON1C(=O)CCC1=O. The Hall–Kier alpha value is -6.14. The van der Waals surface area contributed by atoms with Crippen LogP contribution in [-0.2, 0) is 98.6 Å². The number of para-hydroxylation sites is 1. The lowest BCUT2D eigenvalue weighted by atomic mass is 9.87. The van der Waals surface area contributed by atoms with E-state index in [0.29, 0.717) is 201 Å². The van der Waals surface area contributed by atoms with Gasteiger partial charge in [0.1, 0.15) is 11.2 Å². The minimum atomic E-state index is -1.01. The lowest BCUT2D eigenvalue weighted by molar-refractivity contribution is -0.198. The number of hydrogen-bond acceptors (Lipinski definition) is 21. The van der Waals surface area contributed by atoms with Gasteiger partial charge >= 0.3 is 12.0 Å². The van der Waals surface area contributed by atoms with Gasteiger partial charge in [-0.1, -0.05) is 35.5 Å². The summed E-state index contributed by atoms with van der Waals surface area (Å²) in [5, 5.41) is 12.1. The van der Waals surface area contributed by atoms with Gasteiger partial charge in [0.05, 0.1) is 183 Å². The predicted molar refractivity (Wildman–Crippen MR) is 290 cm³/mol. The van der Waals surface area contributed by atoms with Crippen LogP contribution in [0.15, 0.2) is 60.3 Å². The van der Waals surface area contributed by atoms with Crippen LogP contribution in [0.25, 0.3) is 17.3 Å². The van der Waals surface area contributed by atoms with Crippen molar-refractivity contribution < 1.29 is 90.4 Å². The minimum Gasteiger partial charge on any atom is -0.378 e. The number of urea groups is 1. The zero-order valence-electron chi connectivity index (χ0n) is 46.5. The van der Waals surface area contributed by atoms with Crippen molar-refractivity contribution in [2.75, 3.05) is 177 Å². The fraction of sp³-hybridized carbons (Fsp3) is 0.607. The number of imide groups is 2. The number of likely N-dealkylation sites (tertiary alicyclic amines) is 1. The number of fused-ring (bicyclic) bond motifs is 1. The zero-order valence-corrected chi connectivity index (χ0v) is 46.5. The number of ether oxygens (including phenoxy) is 12. The van der Waals surface area contributed by atoms with Crippen molar-refractivity contribution >= 4 is 47.4 Å². The molecule has 6 amide bonds. The second kappa shape index (κ2) is 35.8. The molecule has 1 N–H and O–H groups in total. The summed E-state index contributed by atoms with van der Waals surface area (Å²) in [5.41, 5.74) is 3.85. The molecule has 2 aromatic carbocycles. The first-order valence-corrected chi connectivity index (χ1v) is 28.0. The zero-order chi connectivity index (χ0) is 57.5. The van der Waals surface area contributed by atoms with Crippen LogP contribution in [-0.4, -0.2) is 238 Å². The molecule has 26 nitrogen and oxygen atoms in total. The highest BCUT2D eigenvalue weighted by Crippen LogP contribution is 2.35. The van der Waals surface area contributed by atoms with Gasteiger partial charge in [-0.2, -0.15) is 0 Å². The van der Waals surface area contributed by atoms with E-state index in [-0.39, 0.29) is 44.3 Å². The van der Waals surface area contributed by atoms with Gasteiger partial charge in [0, 0.05) is 43.5 Å². The normalized spacial score (nSPS) is 15.8. The van der Waals surface area contributed by atoms with E-state index in [1.807, 2.05) is 36.5 Å². The highest BCUT2D eigenvalue weighted by Gasteiger charge is 2.53. The Labute approximate surface area is 476 Å². The molecule has 3 aliphatic heterocycles. The van der Waals surface area contributed by atoms with Gasteiger partial charge in [-0.25, -0.2) is 19.2 Å². The van der Waals surface area contributed by atoms with Crippen LogP contribution in [0.2, 0.25) is 0 Å². The van der Waals surface area contributed by atoms with Crippen LogP contribution in [0.1, 0.15) is 43.2 Å². The van der Waals surface area contributed by atoms with Crippen molar-refractivity contribution in [1.82, 2.24) is 30.3 Å². The molecule has 1 spiro atoms. The minimum absolute atomic E-state index is 0.0500. The molecule has 82 heavy (non-hydrogen) atoms. The molecule has 3 saturated heterocycles. The van der Waals surface area contributed by atoms with E-state index >= 15 is 0 Å². The molecule has 1 aliphatic carbocycles. The molecule has 4 aliphatic rings. The molecule has 0 atom stereocenters. The molecule has 4 heterocycles. The topological polar surface area (TPSA) is 275 Å². The first-order chi connectivity index (χ1) is 40.2. The molecule has 0 unspecified atom stereocenters. The molecule has 0 bridgehead atoms. The third-order valence-electron chi connectivity index (χ3n) is 13.3. The smallest absolute Gasteiger partial charge is 0.335 e. The monoisotopic (exact) mass is 1150 g/mol. The Morgan fingerprint density at radius 1 is 0.561 bits per heavy atom. The number of benzene rings is 2. The third-order valence-corrected chi connectivity index (χ3v) is 13.3. The van der Waals surface area contributed by atoms with Gasteiger partial charge in [-0.15, -0.1) is 10.2 Å². The molecular weight excluding hydrogens is 1070 g/mol. The molecule has 1 aromatic heterocycles. The summed E-state index contributed by atoms with van der Waals surface area (Å²) in [7, 11) is 0. The standard InChI is InChI=1S/C56H77N7O19/c64-50-8-9-51(65)63(50)82-52(66)10-16-70-18-20-72-22-24-74-26-28-76-30-32-78-34-36-80-38-39-81-37-35-79-33-31-77-29-27-75-25-23-73-21-19-71-17-15-61-43-49(58-59-61)45-7-6-44-40-47(42-46(44)41-45)53(67)60-13-11-56(12-14-60)54(68)62(55(69)57-56)48-4-2-1-3-5-48/h1-7,41-43H,8-40H2,(H,57,69). The number of hydroxylamine groups is 2. The fourth-order valence-electron chi connectivity index (χ4n) is 8.88. The Bertz CT molecular complexity index is 2470. The molecule has 3 fully saturated rings. The van der Waals surface area contributed by atoms with E-state index in [1.165, 1.54) is 4.90 Å². The Kier molecular flexibility index (Phi) is 27.7. The van der Waals surface area contributed by atoms with Gasteiger partial charge in [0.2, 0.25) is 5.91 Å². The molecule has 3 aromatic rings. The van der Waals surface area contributed by atoms with Crippen molar-refractivity contribution in [2.24, 2.45) is 0 Å². The molecule has 450 valence electrons. The summed E-state index contributed by atoms with van der Waals surface area (Å²) in [6.07, 6.45) is 5.05. The van der Waals surface area contributed by atoms with Crippen LogP contribution in [0.3, 0.4) is 0 Å². The van der Waals surface area contributed by atoms with E-state index in [4.69, 9.17) is 61.7 Å². The van der Waals surface area contributed by atoms with Crippen LogP contribution in [0.5, 0.6) is 0 Å². The van der Waals surface area contributed by atoms with Crippen molar-refractivity contribution in [3.8, 4) is 11.3 Å². The average Bonchev–Trinajstić information content (AvgIpc) is 4.29. The maximum atomic E-state index is 13.6. The number of anilines is 1. The first kappa shape index (κ1) is 63.4. The highest BCUT2D eigenvalue weighted by molar-refractivity contribution is 6.23. The van der Waals surface area contributed by atoms with E-state index in [9.17, 15) is 28.8 Å². The Morgan fingerprint density at radius 3 is 1.51 bits per heavy atom. The summed E-state index contributed by atoms with van der Waals surface area (Å²) in [6.45, 7) is 11.2. The van der Waals surface area contributed by atoms with Crippen molar-refractivity contribution in [2.45, 2.75) is 50.6 Å². The number of rotatable bonds is 43. The van der Waals surface area contributed by atoms with Crippen LogP contribution in [0, 0.1) is 0 Å². The maximum absolute atomic E-state index is 13.6. The molecule has 26 heteroatoms. The van der Waals surface area contributed by atoms with Crippen molar-refractivity contribution in [3.63, 3.8) is 0 Å². The summed E-state index contributed by atoms with van der Waals surface area (Å²) < 4.78 is 67.9. The van der Waals surface area contributed by atoms with E-state index in [1.54, 1.807) is 33.8 Å². The number of nitrogens with one attached hydrogen (secondary N) is 1. The van der Waals surface area contributed by atoms with Gasteiger partial charge in [-0.05, 0) is 48.2 Å². The van der Waals surface area contributed by atoms with Crippen LogP contribution >= 0.6 is 0 Å². The molecule has 0 saturated carbocycles. The number of amides is 6. The summed E-state index contributed by atoms with van der Waals surface area (Å²) in [6, 6.07) is 14.5. The second-order valence-corrected chi connectivity index (χ2v) is 19.1. The Balaban J connectivity index is 0.569. The fourth-order valence-corrected chi connectivity index (χ4v) is 8.88. The lowest BCUT2D eigenvalue weighted by Gasteiger charge is -2.37. The van der Waals surface area contributed by atoms with Crippen molar-refractivity contribution in [3.05, 3.63) is 71.4 Å². The molecular formula is C56H77N7O19. The van der Waals surface area contributed by atoms with Crippen LogP contribution < -0.4 is 10.2 Å². The number of aromatic nitrogens is 3. The second-order valence-electron chi connectivity index (χ2n) is 19.1. The number of carbonyl (C=O) groups excluding carboxylic acids is 6. The molecule has 7 rings (SSSR count). The summed E-state index contributed by atoms with van der Waals surface area (Å²) >= 11 is 0. The molecule has 0 radical (unpaired) electrons. The van der Waals surface area contributed by atoms with Gasteiger partial charge in [0.25, 0.3) is 17.7 Å². The quantitative estimate of drug-likeness (QED) is 0.0483. The summed E-state index contributed by atoms with van der Waals surface area (Å²) in [5.74, 6) is -2.07. The van der Waals surface area contributed by atoms with E-state index < -0.39 is 29.4 Å². The maximum Gasteiger partial charge on any atom is 0.335 e. The van der Waals surface area contributed by atoms with Crippen LogP contribution in [0.4, 0.5) is 10.5 Å². The largest absolute Gasteiger partial charge is 0.378 e. The average molecular weight is 1150 g/mol.